The topological polar surface area (TPSA) is 249 Å². The highest BCUT2D eigenvalue weighted by molar-refractivity contribution is 7.59. The third kappa shape index (κ3) is 4.84. The number of nitrogens with zero attached hydrogens (tertiary/aromatic N) is 4. The minimum absolute atomic E-state index is 0.0812. The quantitative estimate of drug-likeness (QED) is 0.179. The monoisotopic (exact) mass is 549 g/mol. The number of anilines is 1. The lowest BCUT2D eigenvalue weighted by atomic mass is 10.0. The largest absolute Gasteiger partial charge is 0.756 e. The lowest BCUT2D eigenvalue weighted by molar-refractivity contribution is -0.242. The number of pyridine rings is 1. The molecule has 0 bridgehead atoms. The van der Waals surface area contributed by atoms with Crippen LogP contribution in [0.3, 0.4) is 0 Å². The Hall–Kier alpha value is -2.99. The van der Waals surface area contributed by atoms with E-state index in [1.165, 1.54) is 10.9 Å². The van der Waals surface area contributed by atoms with Crippen LogP contribution in [-0.2, 0) is 22.7 Å². The minimum atomic E-state index is -5.66. The normalized spacial score (nSPS) is 25.3. The molecule has 17 heteroatoms. The zero-order valence-corrected chi connectivity index (χ0v) is 20.2. The van der Waals surface area contributed by atoms with Crippen molar-refractivity contribution in [3.8, 4) is 6.07 Å². The van der Waals surface area contributed by atoms with Crippen molar-refractivity contribution in [3.05, 3.63) is 42.2 Å². The van der Waals surface area contributed by atoms with E-state index in [0.717, 1.165) is 10.8 Å². The highest BCUT2D eigenvalue weighted by Crippen LogP contribution is 2.52. The van der Waals surface area contributed by atoms with Crippen LogP contribution in [-0.4, -0.2) is 54.6 Å². The number of phosphoric acid groups is 2. The molecule has 1 aliphatic rings. The fourth-order valence-corrected chi connectivity index (χ4v) is 5.77. The Morgan fingerprint density at radius 1 is 1.19 bits per heavy atom. The number of nitriles is 1. The second-order valence-electron chi connectivity index (χ2n) is 8.23. The summed E-state index contributed by atoms with van der Waals surface area (Å²) in [5.41, 5.74) is 7.67. The van der Waals surface area contributed by atoms with Gasteiger partial charge in [-0.1, -0.05) is 6.07 Å². The van der Waals surface area contributed by atoms with E-state index < -0.39 is 46.8 Å². The van der Waals surface area contributed by atoms with Crippen molar-refractivity contribution in [1.82, 2.24) is 14.5 Å². The molecule has 2 unspecified atom stereocenters. The van der Waals surface area contributed by atoms with Gasteiger partial charge in [0.2, 0.25) is 0 Å². The van der Waals surface area contributed by atoms with Gasteiger partial charge in [-0.05, 0) is 35.0 Å². The summed E-state index contributed by atoms with van der Waals surface area (Å²) in [6, 6.07) is 10.7. The minimum Gasteiger partial charge on any atom is -0.756 e. The number of aliphatic hydroxyl groups is 2. The molecule has 0 spiro atoms. The van der Waals surface area contributed by atoms with Crippen LogP contribution in [0.4, 0.5) is 5.82 Å². The summed E-state index contributed by atoms with van der Waals surface area (Å²) >= 11 is 0. The average molecular weight is 549 g/mol. The van der Waals surface area contributed by atoms with Gasteiger partial charge in [0.1, 0.15) is 23.8 Å². The molecule has 4 aromatic rings. The molecular formula is C20H17N5O10P2-2. The van der Waals surface area contributed by atoms with Crippen LogP contribution < -0.4 is 15.5 Å². The second-order valence-corrected chi connectivity index (χ2v) is 11.0. The summed E-state index contributed by atoms with van der Waals surface area (Å²) < 4.78 is 37.2. The van der Waals surface area contributed by atoms with Gasteiger partial charge >= 0.3 is 0 Å². The smallest absolute Gasteiger partial charge is 0.274 e. The molecule has 0 radical (unpaired) electrons. The molecule has 37 heavy (non-hydrogen) atoms. The summed E-state index contributed by atoms with van der Waals surface area (Å²) in [5, 5.41) is 32.4. The van der Waals surface area contributed by atoms with E-state index in [2.05, 4.69) is 24.9 Å². The van der Waals surface area contributed by atoms with Gasteiger partial charge in [-0.3, -0.25) is 9.13 Å². The van der Waals surface area contributed by atoms with Gasteiger partial charge in [0.05, 0.1) is 35.6 Å². The molecule has 0 aliphatic carbocycles. The number of ether oxygens (including phenoxy) is 1. The van der Waals surface area contributed by atoms with Gasteiger partial charge in [-0.15, -0.1) is 0 Å². The first kappa shape index (κ1) is 25.7. The molecule has 5 N–H and O–H groups in total. The highest BCUT2D eigenvalue weighted by atomic mass is 31.3. The molecule has 5 rings (SSSR count). The van der Waals surface area contributed by atoms with Crippen LogP contribution in [0.1, 0.15) is 11.8 Å². The Balaban J connectivity index is 1.53. The first-order valence-corrected chi connectivity index (χ1v) is 13.4. The van der Waals surface area contributed by atoms with E-state index >= 15 is 0 Å². The molecule has 3 heterocycles. The zero-order chi connectivity index (χ0) is 26.7. The van der Waals surface area contributed by atoms with Gasteiger partial charge in [-0.2, -0.15) is 5.26 Å². The third-order valence-electron chi connectivity index (χ3n) is 5.83. The number of aliphatic hydroxyl groups excluding tert-OH is 2. The van der Waals surface area contributed by atoms with Crippen LogP contribution in [0.15, 0.2) is 36.7 Å². The van der Waals surface area contributed by atoms with Crippen molar-refractivity contribution in [2.45, 2.75) is 24.5 Å². The average Bonchev–Trinajstić information content (AvgIpc) is 3.37. The molecule has 194 valence electrons. The van der Waals surface area contributed by atoms with Gasteiger partial charge in [0.25, 0.3) is 15.6 Å². The lowest BCUT2D eigenvalue weighted by Crippen LogP contribution is -2.34. The molecule has 0 saturated carbocycles. The Morgan fingerprint density at radius 3 is 2.65 bits per heavy atom. The predicted octanol–water partition coefficient (Wildman–Crippen LogP) is -0.227. The molecule has 2 aromatic heterocycles. The maximum absolute atomic E-state index is 11.6. The van der Waals surface area contributed by atoms with E-state index in [9.17, 15) is 34.4 Å². The van der Waals surface area contributed by atoms with Crippen molar-refractivity contribution < 1.29 is 47.6 Å². The van der Waals surface area contributed by atoms with Crippen LogP contribution in [0.25, 0.3) is 32.7 Å². The van der Waals surface area contributed by atoms with Gasteiger partial charge in [-0.25, -0.2) is 14.3 Å². The van der Waals surface area contributed by atoms with E-state index in [1.54, 1.807) is 30.3 Å². The van der Waals surface area contributed by atoms with Crippen molar-refractivity contribution in [3.63, 3.8) is 0 Å². The first-order valence-electron chi connectivity index (χ1n) is 10.5. The fourth-order valence-electron chi connectivity index (χ4n) is 4.24. The molecule has 1 saturated heterocycles. The summed E-state index contributed by atoms with van der Waals surface area (Å²) in [5.74, 6) is 0.0812. The maximum atomic E-state index is 11.6. The molecule has 2 aromatic carbocycles. The number of rotatable bonds is 6. The van der Waals surface area contributed by atoms with Crippen molar-refractivity contribution in [2.24, 2.45) is 0 Å². The Labute approximate surface area is 207 Å². The molecule has 0 amide bonds. The van der Waals surface area contributed by atoms with Crippen molar-refractivity contribution in [2.75, 3.05) is 12.3 Å². The number of imidazole rings is 1. The number of nitrogens with two attached hydrogens (primary N) is 1. The summed E-state index contributed by atoms with van der Waals surface area (Å²) in [6.45, 7) is -0.936. The molecule has 6 atom stereocenters. The van der Waals surface area contributed by atoms with E-state index in [1.807, 2.05) is 0 Å². The lowest BCUT2D eigenvalue weighted by Gasteiger charge is -2.28. The van der Waals surface area contributed by atoms with E-state index in [4.69, 9.17) is 15.4 Å². The number of nitrogen functional groups attached to an aromatic ring is 1. The Kier molecular flexibility index (Phi) is 6.30. The summed E-state index contributed by atoms with van der Waals surface area (Å²) in [4.78, 5) is 39.5. The Bertz CT molecular complexity index is 1680. The van der Waals surface area contributed by atoms with Crippen LogP contribution in [0.2, 0.25) is 0 Å². The number of aromatic nitrogens is 3. The van der Waals surface area contributed by atoms with Crippen LogP contribution in [0.5, 0.6) is 0 Å². The third-order valence-corrected chi connectivity index (χ3v) is 7.92. The number of fused-ring (bicyclic) bond motifs is 4. The number of hydrogen-bond acceptors (Lipinski definition) is 13. The standard InChI is InChI=1S/C20H19N5O10P2/c21-6-9-1-2-10-5-13-12(4-11(10)3-9)16-15(19(22)24-13)23-8-25(16)20-18(27)17(26)14(34-20)7-33-37(31,32)35-36(28,29)30/h1-5,8,14,17-18,20,26-27H,7H2,(H2,22,24)(H,31,32)(H2,28,29,30)/p-2/t14-,17+,18+,20-/m1/s1. The maximum Gasteiger partial charge on any atom is 0.274 e. The number of benzene rings is 2. The van der Waals surface area contributed by atoms with Gasteiger partial charge in [0.15, 0.2) is 12.0 Å². The van der Waals surface area contributed by atoms with E-state index in [0.29, 0.717) is 22.0 Å². The van der Waals surface area contributed by atoms with Gasteiger partial charge in [0, 0.05) is 5.39 Å². The Morgan fingerprint density at radius 2 is 1.95 bits per heavy atom. The number of hydrogen-bond donors (Lipinski definition) is 4. The van der Waals surface area contributed by atoms with Crippen LogP contribution in [0, 0.1) is 11.3 Å². The molecular weight excluding hydrogens is 532 g/mol. The fraction of sp³-hybridized carbons (Fsp3) is 0.250. The van der Waals surface area contributed by atoms with E-state index in [-0.39, 0.29) is 11.3 Å². The van der Waals surface area contributed by atoms with Crippen molar-refractivity contribution in [1.29, 1.82) is 5.26 Å². The molecule has 1 aliphatic heterocycles. The molecule has 15 nitrogen and oxygen atoms in total. The highest BCUT2D eigenvalue weighted by Gasteiger charge is 2.45. The zero-order valence-electron chi connectivity index (χ0n) is 18.4. The van der Waals surface area contributed by atoms with Crippen LogP contribution >= 0.6 is 15.6 Å². The molecule has 1 fully saturated rings. The van der Waals surface area contributed by atoms with Crippen molar-refractivity contribution >= 4 is 54.2 Å². The second kappa shape index (κ2) is 9.09. The van der Waals surface area contributed by atoms with Gasteiger partial charge < -0.3 is 44.5 Å². The predicted molar refractivity (Wildman–Crippen MR) is 122 cm³/mol. The summed E-state index contributed by atoms with van der Waals surface area (Å²) in [6.07, 6.45) is -4.72. The number of phosphoric ester groups is 1. The SMILES string of the molecule is N#Cc1ccc2cc3nc(N)c4ncn([C@@H]5O[C@H](COP(=O)([O-])OP(=O)([O-])O)[C@H](O)[C@@H]5O)c4c3cc2c1. The first-order chi connectivity index (χ1) is 17.4. The summed E-state index contributed by atoms with van der Waals surface area (Å²) in [7, 11) is -11.2.